The Bertz CT molecular complexity index is 1010. The predicted octanol–water partition coefficient (Wildman–Crippen LogP) is 4.57. The van der Waals surface area contributed by atoms with Gasteiger partial charge in [-0.05, 0) is 42.2 Å². The Balaban J connectivity index is 1.82. The largest absolute Gasteiger partial charge is 0.320 e. The number of benzene rings is 2. The van der Waals surface area contributed by atoms with E-state index in [0.29, 0.717) is 9.81 Å². The van der Waals surface area contributed by atoms with Crippen LogP contribution in [0.2, 0.25) is 0 Å². The molecule has 1 amide bonds. The highest BCUT2D eigenvalue weighted by atomic mass is 32.1. The summed E-state index contributed by atoms with van der Waals surface area (Å²) in [5.74, 6) is -0.232. The molecule has 0 fully saturated rings. The van der Waals surface area contributed by atoms with Gasteiger partial charge in [0.25, 0.3) is 5.91 Å². The molecule has 3 aromatic rings. The van der Waals surface area contributed by atoms with E-state index in [9.17, 15) is 4.79 Å². The van der Waals surface area contributed by atoms with Crippen LogP contribution < -0.4 is 10.1 Å². The van der Waals surface area contributed by atoms with Crippen molar-refractivity contribution in [2.24, 2.45) is 12.0 Å². The van der Waals surface area contributed by atoms with Crippen molar-refractivity contribution >= 4 is 28.6 Å². The molecular formula is C21H24N4OS. The number of carbonyl (C=O) groups excluding carboxylic acids is 1. The summed E-state index contributed by atoms with van der Waals surface area (Å²) in [7, 11) is 1.79. The topological polar surface area (TPSA) is 59.3 Å². The first kappa shape index (κ1) is 19.0. The Morgan fingerprint density at radius 1 is 1.07 bits per heavy atom. The number of anilines is 1. The first-order valence-electron chi connectivity index (χ1n) is 8.80. The van der Waals surface area contributed by atoms with E-state index in [1.54, 1.807) is 11.7 Å². The van der Waals surface area contributed by atoms with Crippen molar-refractivity contribution in [3.05, 3.63) is 69.5 Å². The molecule has 0 bridgehead atoms. The van der Waals surface area contributed by atoms with Crippen LogP contribution in [0.15, 0.2) is 53.5 Å². The second kappa shape index (κ2) is 7.48. The van der Waals surface area contributed by atoms with Gasteiger partial charge in [0.05, 0.1) is 5.69 Å². The summed E-state index contributed by atoms with van der Waals surface area (Å²) < 4.78 is 1.63. The van der Waals surface area contributed by atoms with Gasteiger partial charge in [-0.1, -0.05) is 61.9 Å². The Labute approximate surface area is 163 Å². The van der Waals surface area contributed by atoms with Gasteiger partial charge in [0, 0.05) is 12.7 Å². The molecule has 0 spiro atoms. The number of aryl methyl sites for hydroxylation is 2. The van der Waals surface area contributed by atoms with Crippen LogP contribution in [-0.2, 0) is 12.5 Å². The van der Waals surface area contributed by atoms with Gasteiger partial charge in [0.2, 0.25) is 9.81 Å². The molecule has 3 rings (SSSR count). The summed E-state index contributed by atoms with van der Waals surface area (Å²) in [6.45, 7) is 8.55. The zero-order valence-electron chi connectivity index (χ0n) is 16.3. The van der Waals surface area contributed by atoms with E-state index in [1.807, 2.05) is 43.3 Å². The average molecular weight is 381 g/mol. The van der Waals surface area contributed by atoms with Gasteiger partial charge in [-0.25, -0.2) is 9.67 Å². The fraction of sp³-hybridized carbons (Fsp3) is 0.286. The maximum absolute atomic E-state index is 12.5. The molecule has 0 aliphatic heterocycles. The Morgan fingerprint density at radius 2 is 1.70 bits per heavy atom. The molecule has 0 saturated carbocycles. The Morgan fingerprint density at radius 3 is 2.30 bits per heavy atom. The van der Waals surface area contributed by atoms with Gasteiger partial charge in [-0.15, -0.1) is 0 Å². The molecule has 0 aliphatic carbocycles. The number of hydrogen-bond donors (Lipinski definition) is 1. The lowest BCUT2D eigenvalue weighted by molar-refractivity contribution is 0.102. The van der Waals surface area contributed by atoms with Gasteiger partial charge in [0.15, 0.2) is 0 Å². The van der Waals surface area contributed by atoms with Crippen LogP contribution in [0.4, 0.5) is 11.4 Å². The minimum absolute atomic E-state index is 0.106. The number of nitrogens with one attached hydrogen (secondary N) is 1. The standard InChI is InChI=1S/C21H24N4OS/c1-14-6-10-16(11-7-14)22-18(26)19-24-25(5)20(27-19)23-17-12-8-15(9-13-17)21(2,3)4/h6-13H,1-5H3,(H,22,26). The summed E-state index contributed by atoms with van der Waals surface area (Å²) in [4.78, 5) is 17.8. The maximum Gasteiger partial charge on any atom is 0.286 e. The van der Waals surface area contributed by atoms with Gasteiger partial charge in [-0.2, -0.15) is 5.10 Å². The third-order valence-corrected chi connectivity index (χ3v) is 5.17. The van der Waals surface area contributed by atoms with Crippen LogP contribution in [0.5, 0.6) is 0 Å². The van der Waals surface area contributed by atoms with Gasteiger partial charge in [0.1, 0.15) is 0 Å². The van der Waals surface area contributed by atoms with Crippen molar-refractivity contribution in [3.63, 3.8) is 0 Å². The molecule has 1 aromatic heterocycles. The van der Waals surface area contributed by atoms with Crippen molar-refractivity contribution < 1.29 is 4.79 Å². The molecule has 6 heteroatoms. The number of rotatable bonds is 3. The van der Waals surface area contributed by atoms with Crippen LogP contribution in [0.25, 0.3) is 0 Å². The van der Waals surface area contributed by atoms with Crippen LogP contribution in [0.1, 0.15) is 41.7 Å². The van der Waals surface area contributed by atoms with Gasteiger partial charge < -0.3 is 5.32 Å². The molecule has 27 heavy (non-hydrogen) atoms. The quantitative estimate of drug-likeness (QED) is 0.723. The molecule has 1 heterocycles. The highest BCUT2D eigenvalue weighted by Gasteiger charge is 2.14. The lowest BCUT2D eigenvalue weighted by Crippen LogP contribution is -2.13. The first-order chi connectivity index (χ1) is 12.7. The molecule has 2 aromatic carbocycles. The summed E-state index contributed by atoms with van der Waals surface area (Å²) in [6.07, 6.45) is 0. The number of hydrogen-bond acceptors (Lipinski definition) is 4. The fourth-order valence-corrected chi connectivity index (χ4v) is 3.31. The lowest BCUT2D eigenvalue weighted by atomic mass is 9.87. The predicted molar refractivity (Wildman–Crippen MR) is 111 cm³/mol. The van der Waals surface area contributed by atoms with Crippen molar-refractivity contribution in [1.29, 1.82) is 0 Å². The minimum Gasteiger partial charge on any atom is -0.320 e. The smallest absolute Gasteiger partial charge is 0.286 e. The minimum atomic E-state index is -0.232. The van der Waals surface area contributed by atoms with Crippen LogP contribution in [0.3, 0.4) is 0 Å². The molecule has 0 aliphatic rings. The average Bonchev–Trinajstić information content (AvgIpc) is 2.97. The SMILES string of the molecule is Cc1ccc(NC(=O)c2nn(C)c(=Nc3ccc(C(C)(C)C)cc3)s2)cc1. The van der Waals surface area contributed by atoms with E-state index in [-0.39, 0.29) is 11.3 Å². The first-order valence-corrected chi connectivity index (χ1v) is 9.61. The van der Waals surface area contributed by atoms with Crippen molar-refractivity contribution in [1.82, 2.24) is 9.78 Å². The third kappa shape index (κ3) is 4.71. The summed E-state index contributed by atoms with van der Waals surface area (Å²) in [5, 5.41) is 7.55. The number of carbonyl (C=O) groups is 1. The third-order valence-electron chi connectivity index (χ3n) is 4.17. The molecule has 5 nitrogen and oxygen atoms in total. The van der Waals surface area contributed by atoms with Crippen molar-refractivity contribution in [3.8, 4) is 0 Å². The van der Waals surface area contributed by atoms with E-state index in [1.165, 1.54) is 16.9 Å². The molecule has 1 N–H and O–H groups in total. The zero-order valence-corrected chi connectivity index (χ0v) is 17.1. The lowest BCUT2D eigenvalue weighted by Gasteiger charge is -2.18. The fourth-order valence-electron chi connectivity index (χ4n) is 2.51. The summed E-state index contributed by atoms with van der Waals surface area (Å²) >= 11 is 1.27. The Kier molecular flexibility index (Phi) is 5.28. The Hall–Kier alpha value is -2.73. The van der Waals surface area contributed by atoms with Crippen LogP contribution in [-0.4, -0.2) is 15.7 Å². The van der Waals surface area contributed by atoms with E-state index >= 15 is 0 Å². The summed E-state index contributed by atoms with van der Waals surface area (Å²) in [6, 6.07) is 15.8. The maximum atomic E-state index is 12.5. The van der Waals surface area contributed by atoms with Crippen molar-refractivity contribution in [2.45, 2.75) is 33.1 Å². The normalized spacial score (nSPS) is 12.3. The van der Waals surface area contributed by atoms with Gasteiger partial charge >= 0.3 is 0 Å². The molecule has 0 atom stereocenters. The van der Waals surface area contributed by atoms with Crippen LogP contribution in [0, 0.1) is 6.92 Å². The number of amides is 1. The molecule has 140 valence electrons. The highest BCUT2D eigenvalue weighted by molar-refractivity contribution is 7.11. The summed E-state index contributed by atoms with van der Waals surface area (Å²) in [5.41, 5.74) is 4.10. The van der Waals surface area contributed by atoms with E-state index in [0.717, 1.165) is 16.9 Å². The zero-order chi connectivity index (χ0) is 19.6. The molecule has 0 radical (unpaired) electrons. The second-order valence-corrected chi connectivity index (χ2v) is 8.50. The molecule has 0 unspecified atom stereocenters. The van der Waals surface area contributed by atoms with E-state index in [4.69, 9.17) is 0 Å². The number of nitrogens with zero attached hydrogens (tertiary/aromatic N) is 3. The van der Waals surface area contributed by atoms with E-state index < -0.39 is 0 Å². The molecule has 0 saturated heterocycles. The second-order valence-electron chi connectivity index (χ2n) is 7.54. The number of aromatic nitrogens is 2. The van der Waals surface area contributed by atoms with Crippen LogP contribution >= 0.6 is 11.3 Å². The van der Waals surface area contributed by atoms with E-state index in [2.05, 4.69) is 48.3 Å². The van der Waals surface area contributed by atoms with Gasteiger partial charge in [-0.3, -0.25) is 4.79 Å². The monoisotopic (exact) mass is 380 g/mol. The highest BCUT2D eigenvalue weighted by Crippen LogP contribution is 2.24. The van der Waals surface area contributed by atoms with Crippen molar-refractivity contribution in [2.75, 3.05) is 5.32 Å². The molecular weight excluding hydrogens is 356 g/mol.